The van der Waals surface area contributed by atoms with Gasteiger partial charge in [0.1, 0.15) is 0 Å². The highest BCUT2D eigenvalue weighted by atomic mass is 35.5. The average molecular weight is 313 g/mol. The normalized spacial score (nSPS) is 10.7. The van der Waals surface area contributed by atoms with E-state index in [-0.39, 0.29) is 17.9 Å². The molecule has 0 saturated heterocycles. The van der Waals surface area contributed by atoms with Gasteiger partial charge in [0.05, 0.1) is 4.92 Å². The first-order valence-corrected chi connectivity index (χ1v) is 6.40. The molecular weight excluding hydrogens is 302 g/mol. The zero-order valence-corrected chi connectivity index (χ0v) is 11.5. The summed E-state index contributed by atoms with van der Waals surface area (Å²) in [7, 11) is 0. The van der Waals surface area contributed by atoms with Gasteiger partial charge in [0.25, 0.3) is 12.1 Å². The zero-order chi connectivity index (χ0) is 15.4. The highest BCUT2D eigenvalue weighted by Gasteiger charge is 2.17. The molecule has 110 valence electrons. The third-order valence-corrected chi connectivity index (χ3v) is 3.09. The summed E-state index contributed by atoms with van der Waals surface area (Å²) in [5.41, 5.74) is 0.224. The second-order valence-electron chi connectivity index (χ2n) is 4.31. The lowest BCUT2D eigenvalue weighted by Gasteiger charge is -2.11. The standard InChI is InChI=1S/C14H11ClF2N2O2/c15-10-3-1-2-9(6-10)8-18-13-5-4-11(19(20)21)7-12(13)14(16)17/h1-7,14,18H,8H2. The molecule has 2 rings (SSSR count). The molecule has 0 bridgehead atoms. The molecular formula is C14H11ClF2N2O2. The zero-order valence-electron chi connectivity index (χ0n) is 10.7. The molecule has 0 heterocycles. The Morgan fingerprint density at radius 2 is 2.00 bits per heavy atom. The molecule has 0 aliphatic rings. The van der Waals surface area contributed by atoms with Crippen molar-refractivity contribution in [3.8, 4) is 0 Å². The van der Waals surface area contributed by atoms with E-state index in [1.165, 1.54) is 12.1 Å². The van der Waals surface area contributed by atoms with Gasteiger partial charge in [-0.15, -0.1) is 0 Å². The second-order valence-corrected chi connectivity index (χ2v) is 4.75. The maximum absolute atomic E-state index is 13.0. The molecule has 21 heavy (non-hydrogen) atoms. The van der Waals surface area contributed by atoms with E-state index in [2.05, 4.69) is 5.32 Å². The van der Waals surface area contributed by atoms with Gasteiger partial charge >= 0.3 is 0 Å². The van der Waals surface area contributed by atoms with Gasteiger partial charge in [0.2, 0.25) is 0 Å². The number of nitro benzene ring substituents is 1. The molecule has 0 atom stereocenters. The van der Waals surface area contributed by atoms with E-state index in [9.17, 15) is 18.9 Å². The van der Waals surface area contributed by atoms with Crippen LogP contribution in [0.3, 0.4) is 0 Å². The van der Waals surface area contributed by atoms with Crippen LogP contribution in [0.4, 0.5) is 20.2 Å². The number of nitrogens with one attached hydrogen (secondary N) is 1. The fourth-order valence-corrected chi connectivity index (χ4v) is 2.06. The Labute approximate surface area is 124 Å². The van der Waals surface area contributed by atoms with Crippen LogP contribution in [0.2, 0.25) is 5.02 Å². The first kappa shape index (κ1) is 15.2. The van der Waals surface area contributed by atoms with Gasteiger partial charge in [-0.2, -0.15) is 0 Å². The average Bonchev–Trinajstić information content (AvgIpc) is 2.44. The van der Waals surface area contributed by atoms with Crippen LogP contribution in [0.1, 0.15) is 17.6 Å². The van der Waals surface area contributed by atoms with Gasteiger partial charge in [0, 0.05) is 35.0 Å². The van der Waals surface area contributed by atoms with Crippen molar-refractivity contribution in [3.05, 3.63) is 68.7 Å². The number of rotatable bonds is 5. The minimum atomic E-state index is -2.80. The Morgan fingerprint density at radius 1 is 1.24 bits per heavy atom. The van der Waals surface area contributed by atoms with Gasteiger partial charge in [-0.3, -0.25) is 10.1 Å². The monoisotopic (exact) mass is 312 g/mol. The lowest BCUT2D eigenvalue weighted by atomic mass is 10.1. The molecule has 2 aromatic carbocycles. The summed E-state index contributed by atoms with van der Waals surface area (Å²) in [5.74, 6) is 0. The van der Waals surface area contributed by atoms with Crippen molar-refractivity contribution in [2.75, 3.05) is 5.32 Å². The largest absolute Gasteiger partial charge is 0.381 e. The van der Waals surface area contributed by atoms with Gasteiger partial charge in [-0.25, -0.2) is 8.78 Å². The number of nitro groups is 1. The van der Waals surface area contributed by atoms with Crippen molar-refractivity contribution < 1.29 is 13.7 Å². The molecule has 4 nitrogen and oxygen atoms in total. The summed E-state index contributed by atoms with van der Waals surface area (Å²) in [6, 6.07) is 10.3. The maximum atomic E-state index is 13.0. The molecule has 1 N–H and O–H groups in total. The van der Waals surface area contributed by atoms with Gasteiger partial charge < -0.3 is 5.32 Å². The van der Waals surface area contributed by atoms with E-state index in [0.717, 1.165) is 11.6 Å². The molecule has 0 radical (unpaired) electrons. The van der Waals surface area contributed by atoms with Gasteiger partial charge in [0.15, 0.2) is 0 Å². The minimum absolute atomic E-state index is 0.163. The number of benzene rings is 2. The summed E-state index contributed by atoms with van der Waals surface area (Å²) < 4.78 is 26.0. The van der Waals surface area contributed by atoms with Crippen LogP contribution >= 0.6 is 11.6 Å². The predicted octanol–water partition coefficient (Wildman–Crippen LogP) is 4.80. The quantitative estimate of drug-likeness (QED) is 0.637. The predicted molar refractivity (Wildman–Crippen MR) is 76.8 cm³/mol. The van der Waals surface area contributed by atoms with E-state index >= 15 is 0 Å². The van der Waals surface area contributed by atoms with E-state index < -0.39 is 16.9 Å². The van der Waals surface area contributed by atoms with Crippen LogP contribution in [0.25, 0.3) is 0 Å². The number of halogens is 3. The highest BCUT2D eigenvalue weighted by molar-refractivity contribution is 6.30. The van der Waals surface area contributed by atoms with E-state index in [1.807, 2.05) is 0 Å². The topological polar surface area (TPSA) is 55.2 Å². The Balaban J connectivity index is 2.21. The summed E-state index contributed by atoms with van der Waals surface area (Å²) in [4.78, 5) is 9.93. The van der Waals surface area contributed by atoms with Crippen LogP contribution in [-0.4, -0.2) is 4.92 Å². The Bertz CT molecular complexity index is 665. The number of hydrogen-bond acceptors (Lipinski definition) is 3. The minimum Gasteiger partial charge on any atom is -0.381 e. The summed E-state index contributed by atoms with van der Waals surface area (Å²) in [6.07, 6.45) is -2.80. The molecule has 0 unspecified atom stereocenters. The fraction of sp³-hybridized carbons (Fsp3) is 0.143. The second kappa shape index (κ2) is 6.49. The highest BCUT2D eigenvalue weighted by Crippen LogP contribution is 2.31. The molecule has 0 saturated carbocycles. The van der Waals surface area contributed by atoms with Crippen LogP contribution in [-0.2, 0) is 6.54 Å². The van der Waals surface area contributed by atoms with Crippen molar-refractivity contribution >= 4 is 23.0 Å². The van der Waals surface area contributed by atoms with Crippen molar-refractivity contribution in [1.29, 1.82) is 0 Å². The smallest absolute Gasteiger partial charge is 0.270 e. The van der Waals surface area contributed by atoms with Gasteiger partial charge in [-0.1, -0.05) is 23.7 Å². The van der Waals surface area contributed by atoms with Crippen LogP contribution < -0.4 is 5.32 Å². The summed E-state index contributed by atoms with van der Waals surface area (Å²) in [5, 5.41) is 14.0. The number of anilines is 1. The van der Waals surface area contributed by atoms with Crippen LogP contribution in [0.15, 0.2) is 42.5 Å². The molecule has 7 heteroatoms. The summed E-state index contributed by atoms with van der Waals surface area (Å²) in [6.45, 7) is 0.290. The third kappa shape index (κ3) is 3.88. The van der Waals surface area contributed by atoms with Crippen molar-refractivity contribution in [3.63, 3.8) is 0 Å². The van der Waals surface area contributed by atoms with Crippen molar-refractivity contribution in [1.82, 2.24) is 0 Å². The Morgan fingerprint density at radius 3 is 2.62 bits per heavy atom. The molecule has 0 fully saturated rings. The third-order valence-electron chi connectivity index (χ3n) is 2.85. The van der Waals surface area contributed by atoms with Crippen LogP contribution in [0.5, 0.6) is 0 Å². The fourth-order valence-electron chi connectivity index (χ4n) is 1.85. The molecule has 0 aliphatic carbocycles. The Kier molecular flexibility index (Phi) is 4.70. The molecule has 0 aromatic heterocycles. The number of alkyl halides is 2. The number of hydrogen-bond donors (Lipinski definition) is 1. The number of non-ortho nitro benzene ring substituents is 1. The first-order valence-electron chi connectivity index (χ1n) is 6.02. The molecule has 0 spiro atoms. The van der Waals surface area contributed by atoms with E-state index in [4.69, 9.17) is 11.6 Å². The molecule has 0 amide bonds. The molecule has 2 aromatic rings. The first-order chi connectivity index (χ1) is 9.97. The van der Waals surface area contributed by atoms with Crippen molar-refractivity contribution in [2.24, 2.45) is 0 Å². The number of nitrogens with zero attached hydrogens (tertiary/aromatic N) is 1. The summed E-state index contributed by atoms with van der Waals surface area (Å²) >= 11 is 5.84. The van der Waals surface area contributed by atoms with Crippen LogP contribution in [0, 0.1) is 10.1 Å². The van der Waals surface area contributed by atoms with E-state index in [1.54, 1.807) is 24.3 Å². The lowest BCUT2D eigenvalue weighted by Crippen LogP contribution is -2.03. The van der Waals surface area contributed by atoms with Crippen molar-refractivity contribution in [2.45, 2.75) is 13.0 Å². The molecule has 0 aliphatic heterocycles. The lowest BCUT2D eigenvalue weighted by molar-refractivity contribution is -0.385. The Hall–Kier alpha value is -2.21. The van der Waals surface area contributed by atoms with E-state index in [0.29, 0.717) is 5.02 Å². The van der Waals surface area contributed by atoms with Gasteiger partial charge in [-0.05, 0) is 23.8 Å². The SMILES string of the molecule is O=[N+]([O-])c1ccc(NCc2cccc(Cl)c2)c(C(F)F)c1. The maximum Gasteiger partial charge on any atom is 0.270 e.